The molecule has 0 aliphatic heterocycles. The minimum atomic E-state index is -0.114. The van der Waals surface area contributed by atoms with Crippen molar-refractivity contribution in [3.05, 3.63) is 29.6 Å². The molecule has 0 radical (unpaired) electrons. The van der Waals surface area contributed by atoms with Gasteiger partial charge in [0.25, 0.3) is 0 Å². The van der Waals surface area contributed by atoms with Crippen LogP contribution in [0.15, 0.2) is 12.7 Å². The van der Waals surface area contributed by atoms with Crippen LogP contribution in [0.1, 0.15) is 48.1 Å². The van der Waals surface area contributed by atoms with Gasteiger partial charge in [0, 0.05) is 25.2 Å². The van der Waals surface area contributed by atoms with Crippen molar-refractivity contribution in [2.75, 3.05) is 6.54 Å². The van der Waals surface area contributed by atoms with Gasteiger partial charge in [0.05, 0.1) is 17.3 Å². The van der Waals surface area contributed by atoms with E-state index in [1.54, 1.807) is 21.9 Å². The van der Waals surface area contributed by atoms with Crippen LogP contribution >= 0.6 is 0 Å². The van der Waals surface area contributed by atoms with Gasteiger partial charge >= 0.3 is 0 Å². The average molecular weight is 318 g/mol. The third-order valence-electron chi connectivity index (χ3n) is 3.73. The van der Waals surface area contributed by atoms with E-state index in [1.807, 2.05) is 20.8 Å². The van der Waals surface area contributed by atoms with Crippen LogP contribution in [0.4, 0.5) is 0 Å². The van der Waals surface area contributed by atoms with E-state index in [-0.39, 0.29) is 17.7 Å². The molecule has 23 heavy (non-hydrogen) atoms. The number of carbonyl (C=O) groups excluding carboxylic acids is 2. The van der Waals surface area contributed by atoms with E-state index >= 15 is 0 Å². The standard InChI is InChI=1S/C15H22N6O2/c1-10(21-12(3)15(13(4)22)11(2)19-21)7-14(23)16-5-6-20-8-17-18-9-20/h8-10H,5-7H2,1-4H3,(H,16,23)/t10-/m0/s1. The number of carbonyl (C=O) groups is 2. The third kappa shape index (κ3) is 4.02. The first-order valence-corrected chi connectivity index (χ1v) is 7.56. The topological polar surface area (TPSA) is 94.7 Å². The smallest absolute Gasteiger partial charge is 0.222 e. The Kier molecular flexibility index (Phi) is 5.25. The minimum absolute atomic E-state index is 0.00292. The molecule has 0 saturated carbocycles. The fourth-order valence-corrected chi connectivity index (χ4v) is 2.69. The quantitative estimate of drug-likeness (QED) is 0.770. The van der Waals surface area contributed by atoms with E-state index in [4.69, 9.17) is 0 Å². The number of nitrogens with zero attached hydrogens (tertiary/aromatic N) is 5. The number of hydrogen-bond acceptors (Lipinski definition) is 5. The van der Waals surface area contributed by atoms with Crippen molar-refractivity contribution in [3.8, 4) is 0 Å². The number of rotatable bonds is 7. The Bertz CT molecular complexity index is 689. The second-order valence-corrected chi connectivity index (χ2v) is 5.65. The summed E-state index contributed by atoms with van der Waals surface area (Å²) in [5.74, 6) is -0.0562. The summed E-state index contributed by atoms with van der Waals surface area (Å²) >= 11 is 0. The zero-order valence-electron chi connectivity index (χ0n) is 13.9. The molecule has 0 fully saturated rings. The van der Waals surface area contributed by atoms with Crippen LogP contribution < -0.4 is 5.32 Å². The molecule has 1 N–H and O–H groups in total. The fourth-order valence-electron chi connectivity index (χ4n) is 2.69. The second kappa shape index (κ2) is 7.17. The molecule has 0 aromatic carbocycles. The van der Waals surface area contributed by atoms with Gasteiger partial charge in [0.15, 0.2) is 5.78 Å². The van der Waals surface area contributed by atoms with E-state index < -0.39 is 0 Å². The number of nitrogens with one attached hydrogen (secondary N) is 1. The van der Waals surface area contributed by atoms with E-state index in [1.165, 1.54) is 6.92 Å². The van der Waals surface area contributed by atoms with Gasteiger partial charge in [-0.25, -0.2) is 0 Å². The summed E-state index contributed by atoms with van der Waals surface area (Å²) in [5.41, 5.74) is 2.15. The fraction of sp³-hybridized carbons (Fsp3) is 0.533. The van der Waals surface area contributed by atoms with Gasteiger partial charge < -0.3 is 9.88 Å². The maximum atomic E-state index is 12.0. The second-order valence-electron chi connectivity index (χ2n) is 5.65. The minimum Gasteiger partial charge on any atom is -0.354 e. The monoisotopic (exact) mass is 318 g/mol. The molecule has 0 saturated heterocycles. The van der Waals surface area contributed by atoms with Crippen LogP contribution in [-0.2, 0) is 11.3 Å². The van der Waals surface area contributed by atoms with Crippen molar-refractivity contribution >= 4 is 11.7 Å². The summed E-state index contributed by atoms with van der Waals surface area (Å²) in [6.07, 6.45) is 3.52. The average Bonchev–Trinajstić information content (AvgIpc) is 3.06. The summed E-state index contributed by atoms with van der Waals surface area (Å²) in [6, 6.07) is -0.114. The van der Waals surface area contributed by atoms with Crippen LogP contribution in [0.25, 0.3) is 0 Å². The first-order valence-electron chi connectivity index (χ1n) is 7.56. The van der Waals surface area contributed by atoms with E-state index in [9.17, 15) is 9.59 Å². The molecule has 2 rings (SSSR count). The number of aromatic nitrogens is 5. The lowest BCUT2D eigenvalue weighted by Gasteiger charge is -2.14. The number of Topliss-reactive ketones (excluding diaryl/α,β-unsaturated/α-hetero) is 1. The normalized spacial score (nSPS) is 12.2. The third-order valence-corrected chi connectivity index (χ3v) is 3.73. The van der Waals surface area contributed by atoms with Gasteiger partial charge in [-0.3, -0.25) is 14.3 Å². The molecule has 8 nitrogen and oxygen atoms in total. The van der Waals surface area contributed by atoms with Crippen molar-refractivity contribution in [1.82, 2.24) is 29.9 Å². The van der Waals surface area contributed by atoms with E-state index in [0.717, 1.165) is 5.69 Å². The first-order chi connectivity index (χ1) is 10.9. The van der Waals surface area contributed by atoms with E-state index in [0.29, 0.717) is 30.8 Å². The maximum absolute atomic E-state index is 12.0. The van der Waals surface area contributed by atoms with Crippen LogP contribution in [0.3, 0.4) is 0 Å². The molecule has 124 valence electrons. The number of amides is 1. The molecule has 0 spiro atoms. The van der Waals surface area contributed by atoms with Crippen molar-refractivity contribution < 1.29 is 9.59 Å². The summed E-state index contributed by atoms with van der Waals surface area (Å²) in [6.45, 7) is 8.26. The Morgan fingerprint density at radius 3 is 2.48 bits per heavy atom. The van der Waals surface area contributed by atoms with Gasteiger partial charge in [-0.2, -0.15) is 5.10 Å². The van der Waals surface area contributed by atoms with Crippen LogP contribution in [0.5, 0.6) is 0 Å². The summed E-state index contributed by atoms with van der Waals surface area (Å²) in [4.78, 5) is 23.7. The lowest BCUT2D eigenvalue weighted by molar-refractivity contribution is -0.121. The molecule has 0 unspecified atom stereocenters. The van der Waals surface area contributed by atoms with Crippen LogP contribution in [0.2, 0.25) is 0 Å². The predicted molar refractivity (Wildman–Crippen MR) is 84.1 cm³/mol. The molecular formula is C15H22N6O2. The highest BCUT2D eigenvalue weighted by atomic mass is 16.1. The molecular weight excluding hydrogens is 296 g/mol. The molecule has 8 heteroatoms. The Labute approximate surface area is 134 Å². The van der Waals surface area contributed by atoms with Crippen molar-refractivity contribution in [3.63, 3.8) is 0 Å². The summed E-state index contributed by atoms with van der Waals surface area (Å²) in [7, 11) is 0. The molecule has 0 aliphatic rings. The molecule has 2 heterocycles. The molecule has 1 atom stereocenters. The first kappa shape index (κ1) is 16.9. The zero-order chi connectivity index (χ0) is 17.0. The van der Waals surface area contributed by atoms with Gasteiger partial charge in [-0.1, -0.05) is 0 Å². The van der Waals surface area contributed by atoms with Gasteiger partial charge in [0.2, 0.25) is 5.91 Å². The van der Waals surface area contributed by atoms with Crippen LogP contribution in [0, 0.1) is 13.8 Å². The summed E-state index contributed by atoms with van der Waals surface area (Å²) < 4.78 is 3.55. The van der Waals surface area contributed by atoms with Crippen molar-refractivity contribution in [2.45, 2.75) is 46.7 Å². The highest BCUT2D eigenvalue weighted by molar-refractivity contribution is 5.96. The molecule has 0 aliphatic carbocycles. The van der Waals surface area contributed by atoms with Gasteiger partial charge in [0.1, 0.15) is 12.7 Å². The Morgan fingerprint density at radius 2 is 1.91 bits per heavy atom. The Morgan fingerprint density at radius 1 is 1.26 bits per heavy atom. The number of hydrogen-bond donors (Lipinski definition) is 1. The molecule has 2 aromatic rings. The SMILES string of the molecule is CC(=O)c1c(C)nn([C@@H](C)CC(=O)NCCn2cnnc2)c1C. The van der Waals surface area contributed by atoms with Crippen molar-refractivity contribution in [2.24, 2.45) is 0 Å². The zero-order valence-corrected chi connectivity index (χ0v) is 13.9. The van der Waals surface area contributed by atoms with Gasteiger partial charge in [-0.05, 0) is 27.7 Å². The molecule has 0 bridgehead atoms. The van der Waals surface area contributed by atoms with E-state index in [2.05, 4.69) is 20.6 Å². The Balaban J connectivity index is 1.91. The van der Waals surface area contributed by atoms with Crippen molar-refractivity contribution in [1.29, 1.82) is 0 Å². The highest BCUT2D eigenvalue weighted by Gasteiger charge is 2.20. The highest BCUT2D eigenvalue weighted by Crippen LogP contribution is 2.19. The Hall–Kier alpha value is -2.51. The lowest BCUT2D eigenvalue weighted by atomic mass is 10.1. The molecule has 1 amide bonds. The maximum Gasteiger partial charge on any atom is 0.222 e. The lowest BCUT2D eigenvalue weighted by Crippen LogP contribution is -2.29. The predicted octanol–water partition coefficient (Wildman–Crippen LogP) is 1.06. The van der Waals surface area contributed by atoms with Gasteiger partial charge in [-0.15, -0.1) is 10.2 Å². The molecule has 2 aromatic heterocycles. The number of aryl methyl sites for hydroxylation is 1. The largest absolute Gasteiger partial charge is 0.354 e. The summed E-state index contributed by atoms with van der Waals surface area (Å²) in [5, 5.41) is 14.7. The van der Waals surface area contributed by atoms with Crippen LogP contribution in [-0.4, -0.2) is 42.8 Å². The number of ketones is 1.